The SMILES string of the molecule is CN(C1CCN(CCC(F)(F)F)CC1)S(=O)(=O)c1ccc(Nc2nccc(Nc3ccc(F)cc3)n2)cc1. The monoisotopic (exact) mass is 552 g/mol. The Kier molecular flexibility index (Phi) is 8.48. The van der Waals surface area contributed by atoms with Gasteiger partial charge in [-0.3, -0.25) is 0 Å². The Labute approximate surface area is 218 Å². The summed E-state index contributed by atoms with van der Waals surface area (Å²) in [6.07, 6.45) is -2.59. The molecule has 0 radical (unpaired) electrons. The normalized spacial score (nSPS) is 15.5. The van der Waals surface area contributed by atoms with E-state index in [1.165, 1.54) is 35.6 Å². The largest absolute Gasteiger partial charge is 0.390 e. The van der Waals surface area contributed by atoms with Gasteiger partial charge in [-0.05, 0) is 80.5 Å². The first-order chi connectivity index (χ1) is 18.0. The number of likely N-dealkylation sites (tertiary alicyclic amines) is 1. The Bertz CT molecular complexity index is 1310. The summed E-state index contributed by atoms with van der Waals surface area (Å²) in [5.74, 6) is 0.420. The minimum Gasteiger partial charge on any atom is -0.340 e. The third-order valence-corrected chi connectivity index (χ3v) is 8.27. The summed E-state index contributed by atoms with van der Waals surface area (Å²) in [7, 11) is -2.28. The molecule has 13 heteroatoms. The number of halogens is 4. The van der Waals surface area contributed by atoms with Crippen LogP contribution < -0.4 is 10.6 Å². The van der Waals surface area contributed by atoms with E-state index in [2.05, 4.69) is 20.6 Å². The molecule has 0 atom stereocenters. The van der Waals surface area contributed by atoms with Crippen molar-refractivity contribution in [3.05, 3.63) is 66.6 Å². The molecular formula is C25H28F4N6O2S. The summed E-state index contributed by atoms with van der Waals surface area (Å²) in [4.78, 5) is 10.4. The summed E-state index contributed by atoms with van der Waals surface area (Å²) >= 11 is 0. The van der Waals surface area contributed by atoms with Crippen LogP contribution in [-0.4, -0.2) is 66.5 Å². The number of rotatable bonds is 9. The Hall–Kier alpha value is -3.29. The first-order valence-corrected chi connectivity index (χ1v) is 13.4. The van der Waals surface area contributed by atoms with Crippen molar-refractivity contribution in [2.45, 2.75) is 36.4 Å². The summed E-state index contributed by atoms with van der Waals surface area (Å²) in [5.41, 5.74) is 1.23. The number of nitrogens with zero attached hydrogens (tertiary/aromatic N) is 4. The molecule has 2 heterocycles. The van der Waals surface area contributed by atoms with E-state index in [1.807, 2.05) is 0 Å². The van der Waals surface area contributed by atoms with Gasteiger partial charge in [-0.15, -0.1) is 0 Å². The molecule has 38 heavy (non-hydrogen) atoms. The molecule has 0 amide bonds. The fraction of sp³-hybridized carbons (Fsp3) is 0.360. The first-order valence-electron chi connectivity index (χ1n) is 12.0. The maximum atomic E-state index is 13.2. The third-order valence-electron chi connectivity index (χ3n) is 6.34. The van der Waals surface area contributed by atoms with Crippen LogP contribution in [0.1, 0.15) is 19.3 Å². The standard InChI is InChI=1S/C25H28F4N6O2S/c1-34(21-11-15-35(16-12-21)17-13-25(27,28)29)38(36,37)22-8-6-20(7-9-22)32-24-30-14-10-23(33-24)31-19-4-2-18(26)3-5-19/h2-10,14,21H,11-13,15-17H2,1H3,(H2,30,31,32,33). The van der Waals surface area contributed by atoms with Crippen molar-refractivity contribution < 1.29 is 26.0 Å². The average molecular weight is 553 g/mol. The van der Waals surface area contributed by atoms with Gasteiger partial charge in [-0.1, -0.05) is 0 Å². The minimum atomic E-state index is -4.20. The molecule has 1 saturated heterocycles. The third kappa shape index (κ3) is 7.39. The van der Waals surface area contributed by atoms with E-state index in [9.17, 15) is 26.0 Å². The zero-order valence-corrected chi connectivity index (χ0v) is 21.4. The van der Waals surface area contributed by atoms with E-state index in [1.54, 1.807) is 41.4 Å². The molecular weight excluding hydrogens is 524 g/mol. The van der Waals surface area contributed by atoms with Crippen molar-refractivity contribution in [3.8, 4) is 0 Å². The van der Waals surface area contributed by atoms with Crippen LogP contribution in [0, 0.1) is 5.82 Å². The number of sulfonamides is 1. The fourth-order valence-corrected chi connectivity index (χ4v) is 5.58. The van der Waals surface area contributed by atoms with Crippen LogP contribution in [0.2, 0.25) is 0 Å². The predicted molar refractivity (Wildman–Crippen MR) is 137 cm³/mol. The second-order valence-corrected chi connectivity index (χ2v) is 11.0. The van der Waals surface area contributed by atoms with E-state index in [0.717, 1.165) is 0 Å². The number of hydrogen-bond acceptors (Lipinski definition) is 7. The number of anilines is 4. The maximum absolute atomic E-state index is 13.2. The number of nitrogens with one attached hydrogen (secondary N) is 2. The van der Waals surface area contributed by atoms with Crippen molar-refractivity contribution >= 4 is 33.2 Å². The molecule has 2 N–H and O–H groups in total. The molecule has 1 aliphatic heterocycles. The fourth-order valence-electron chi connectivity index (χ4n) is 4.16. The molecule has 204 valence electrons. The Morgan fingerprint density at radius 3 is 2.21 bits per heavy atom. The molecule has 0 aliphatic carbocycles. The highest BCUT2D eigenvalue weighted by Gasteiger charge is 2.33. The number of alkyl halides is 3. The van der Waals surface area contributed by atoms with Gasteiger partial charge in [0.2, 0.25) is 16.0 Å². The number of hydrogen-bond donors (Lipinski definition) is 2. The van der Waals surface area contributed by atoms with Gasteiger partial charge in [0.25, 0.3) is 0 Å². The lowest BCUT2D eigenvalue weighted by molar-refractivity contribution is -0.138. The number of benzene rings is 2. The van der Waals surface area contributed by atoms with E-state index in [0.29, 0.717) is 43.1 Å². The van der Waals surface area contributed by atoms with Crippen molar-refractivity contribution in [2.75, 3.05) is 37.3 Å². The maximum Gasteiger partial charge on any atom is 0.390 e. The van der Waals surface area contributed by atoms with Crippen LogP contribution in [0.25, 0.3) is 0 Å². The molecule has 1 aliphatic rings. The number of piperidine rings is 1. The van der Waals surface area contributed by atoms with Crippen LogP contribution >= 0.6 is 0 Å². The van der Waals surface area contributed by atoms with Crippen LogP contribution in [-0.2, 0) is 10.0 Å². The van der Waals surface area contributed by atoms with Crippen molar-refractivity contribution in [3.63, 3.8) is 0 Å². The molecule has 1 aromatic heterocycles. The Morgan fingerprint density at radius 2 is 1.58 bits per heavy atom. The predicted octanol–water partition coefficient (Wildman–Crippen LogP) is 5.14. The van der Waals surface area contributed by atoms with Crippen molar-refractivity contribution in [1.82, 2.24) is 19.2 Å². The highest BCUT2D eigenvalue weighted by atomic mass is 32.2. The quantitative estimate of drug-likeness (QED) is 0.355. The van der Waals surface area contributed by atoms with E-state index in [-0.39, 0.29) is 29.2 Å². The van der Waals surface area contributed by atoms with Crippen LogP contribution in [0.3, 0.4) is 0 Å². The highest BCUT2D eigenvalue weighted by molar-refractivity contribution is 7.89. The lowest BCUT2D eigenvalue weighted by Crippen LogP contribution is -2.46. The van der Waals surface area contributed by atoms with Crippen LogP contribution in [0.15, 0.2) is 65.7 Å². The second kappa shape index (κ2) is 11.6. The van der Waals surface area contributed by atoms with E-state index in [4.69, 9.17) is 0 Å². The number of aromatic nitrogens is 2. The van der Waals surface area contributed by atoms with Gasteiger partial charge in [0, 0.05) is 37.2 Å². The Morgan fingerprint density at radius 1 is 0.974 bits per heavy atom. The minimum absolute atomic E-state index is 0.0733. The van der Waals surface area contributed by atoms with Gasteiger partial charge in [0.15, 0.2) is 0 Å². The lowest BCUT2D eigenvalue weighted by Gasteiger charge is -2.36. The Balaban J connectivity index is 1.35. The smallest absolute Gasteiger partial charge is 0.340 e. The molecule has 3 aromatic rings. The van der Waals surface area contributed by atoms with Gasteiger partial charge in [-0.25, -0.2) is 17.8 Å². The molecule has 2 aromatic carbocycles. The van der Waals surface area contributed by atoms with Gasteiger partial charge in [0.1, 0.15) is 11.6 Å². The van der Waals surface area contributed by atoms with Crippen molar-refractivity contribution in [2.24, 2.45) is 0 Å². The van der Waals surface area contributed by atoms with Crippen molar-refractivity contribution in [1.29, 1.82) is 0 Å². The van der Waals surface area contributed by atoms with Crippen LogP contribution in [0.4, 0.5) is 40.7 Å². The molecule has 0 unspecified atom stereocenters. The molecule has 1 fully saturated rings. The first kappa shape index (κ1) is 27.7. The van der Waals surface area contributed by atoms with Gasteiger partial charge >= 0.3 is 6.18 Å². The average Bonchev–Trinajstić information content (AvgIpc) is 2.89. The van der Waals surface area contributed by atoms with E-state index < -0.39 is 22.6 Å². The lowest BCUT2D eigenvalue weighted by atomic mass is 10.1. The van der Waals surface area contributed by atoms with Gasteiger partial charge in [0.05, 0.1) is 11.3 Å². The molecule has 0 spiro atoms. The molecule has 0 bridgehead atoms. The molecule has 8 nitrogen and oxygen atoms in total. The topological polar surface area (TPSA) is 90.5 Å². The molecule has 4 rings (SSSR count). The zero-order chi connectivity index (χ0) is 27.3. The van der Waals surface area contributed by atoms with Crippen LogP contribution in [0.5, 0.6) is 0 Å². The second-order valence-electron chi connectivity index (χ2n) is 9.01. The summed E-state index contributed by atoms with van der Waals surface area (Å²) < 4.78 is 78.2. The summed E-state index contributed by atoms with van der Waals surface area (Å²) in [5, 5.41) is 6.07. The molecule has 0 saturated carbocycles. The zero-order valence-electron chi connectivity index (χ0n) is 20.6. The van der Waals surface area contributed by atoms with Gasteiger partial charge < -0.3 is 15.5 Å². The van der Waals surface area contributed by atoms with Gasteiger partial charge in [-0.2, -0.15) is 22.5 Å². The summed E-state index contributed by atoms with van der Waals surface area (Å²) in [6, 6.07) is 13.4. The van der Waals surface area contributed by atoms with E-state index >= 15 is 0 Å². The highest BCUT2D eigenvalue weighted by Crippen LogP contribution is 2.26. The summed E-state index contributed by atoms with van der Waals surface area (Å²) in [6.45, 7) is 0.757.